The zero-order valence-corrected chi connectivity index (χ0v) is 10.7. The second kappa shape index (κ2) is 5.36. The number of hydrogen-bond donors (Lipinski definition) is 3. The number of nitrogens with one attached hydrogen (secondary N) is 2. The van der Waals surface area contributed by atoms with Crippen LogP contribution >= 0.6 is 0 Å². The molecule has 1 aliphatic rings. The molecule has 7 heteroatoms. The summed E-state index contributed by atoms with van der Waals surface area (Å²) in [4.78, 5) is 4.39. The summed E-state index contributed by atoms with van der Waals surface area (Å²) >= 11 is 0. The summed E-state index contributed by atoms with van der Waals surface area (Å²) in [5.74, 6) is 0.752. The van der Waals surface area contributed by atoms with Gasteiger partial charge in [0.05, 0.1) is 4.90 Å². The van der Waals surface area contributed by atoms with Crippen LogP contribution in [0.3, 0.4) is 0 Å². The zero-order valence-electron chi connectivity index (χ0n) is 9.89. The Bertz CT molecular complexity index is 554. The lowest BCUT2D eigenvalue weighted by Crippen LogP contribution is -2.40. The lowest BCUT2D eigenvalue weighted by molar-refractivity contribution is 0.597. The van der Waals surface area contributed by atoms with Crippen LogP contribution in [0.25, 0.3) is 0 Å². The van der Waals surface area contributed by atoms with E-state index in [9.17, 15) is 8.42 Å². The third kappa shape index (κ3) is 3.44. The first-order chi connectivity index (χ1) is 8.55. The Morgan fingerprint density at radius 1 is 1.44 bits per heavy atom. The van der Waals surface area contributed by atoms with Gasteiger partial charge in [-0.1, -0.05) is 12.1 Å². The summed E-state index contributed by atoms with van der Waals surface area (Å²) in [6, 6.07) is 6.55. The Hall–Kier alpha value is -1.60. The molecule has 0 unspecified atom stereocenters. The summed E-state index contributed by atoms with van der Waals surface area (Å²) in [6.07, 6.45) is 1.03. The monoisotopic (exact) mass is 268 g/mol. The molecular weight excluding hydrogens is 252 g/mol. The van der Waals surface area contributed by atoms with E-state index in [4.69, 9.17) is 5.14 Å². The molecule has 4 N–H and O–H groups in total. The number of nitrogens with two attached hydrogens (primary N) is 1. The second-order valence-electron chi connectivity index (χ2n) is 4.06. The molecule has 6 nitrogen and oxygen atoms in total. The molecule has 0 aliphatic carbocycles. The first-order valence-electron chi connectivity index (χ1n) is 5.70. The van der Waals surface area contributed by atoms with E-state index >= 15 is 0 Å². The van der Waals surface area contributed by atoms with Gasteiger partial charge in [-0.15, -0.1) is 0 Å². The predicted octanol–water partition coefficient (Wildman–Crippen LogP) is -0.227. The van der Waals surface area contributed by atoms with Crippen molar-refractivity contribution in [1.29, 1.82) is 0 Å². The van der Waals surface area contributed by atoms with Gasteiger partial charge in [0, 0.05) is 19.6 Å². The van der Waals surface area contributed by atoms with Crippen molar-refractivity contribution in [3.63, 3.8) is 0 Å². The van der Waals surface area contributed by atoms with Crippen molar-refractivity contribution >= 4 is 16.0 Å². The van der Waals surface area contributed by atoms with Crippen LogP contribution in [0, 0.1) is 0 Å². The molecule has 1 aromatic carbocycles. The molecule has 1 aliphatic heterocycles. The highest BCUT2D eigenvalue weighted by Gasteiger charge is 2.08. The van der Waals surface area contributed by atoms with Gasteiger partial charge >= 0.3 is 0 Å². The SMILES string of the molecule is NS(=O)(=O)c1cccc(CNC2=NCCCN2)c1. The number of sulfonamides is 1. The van der Waals surface area contributed by atoms with Crippen molar-refractivity contribution in [1.82, 2.24) is 10.6 Å². The Morgan fingerprint density at radius 2 is 2.28 bits per heavy atom. The van der Waals surface area contributed by atoms with Crippen molar-refractivity contribution in [2.75, 3.05) is 13.1 Å². The van der Waals surface area contributed by atoms with E-state index in [-0.39, 0.29) is 4.90 Å². The molecule has 98 valence electrons. The molecule has 0 bridgehead atoms. The average molecular weight is 268 g/mol. The van der Waals surface area contributed by atoms with Crippen LogP contribution in [-0.4, -0.2) is 27.5 Å². The van der Waals surface area contributed by atoms with Crippen molar-refractivity contribution in [2.45, 2.75) is 17.9 Å². The lowest BCUT2D eigenvalue weighted by Gasteiger charge is -2.16. The van der Waals surface area contributed by atoms with Crippen LogP contribution in [0.1, 0.15) is 12.0 Å². The van der Waals surface area contributed by atoms with Crippen LogP contribution < -0.4 is 15.8 Å². The van der Waals surface area contributed by atoms with Gasteiger partial charge in [-0.25, -0.2) is 13.6 Å². The van der Waals surface area contributed by atoms with Crippen molar-refractivity contribution < 1.29 is 8.42 Å². The number of benzene rings is 1. The van der Waals surface area contributed by atoms with Crippen LogP contribution in [0.4, 0.5) is 0 Å². The maximum atomic E-state index is 11.2. The molecule has 0 saturated carbocycles. The second-order valence-corrected chi connectivity index (χ2v) is 5.62. The van der Waals surface area contributed by atoms with E-state index in [2.05, 4.69) is 15.6 Å². The molecule has 0 atom stereocenters. The Balaban J connectivity index is 2.03. The average Bonchev–Trinajstić information content (AvgIpc) is 2.37. The fourth-order valence-electron chi connectivity index (χ4n) is 1.67. The highest BCUT2D eigenvalue weighted by molar-refractivity contribution is 7.89. The van der Waals surface area contributed by atoms with E-state index in [1.54, 1.807) is 12.1 Å². The molecule has 0 radical (unpaired) electrons. The van der Waals surface area contributed by atoms with Gasteiger partial charge in [-0.05, 0) is 24.1 Å². The van der Waals surface area contributed by atoms with Crippen LogP contribution in [-0.2, 0) is 16.6 Å². The number of nitrogens with zero attached hydrogens (tertiary/aromatic N) is 1. The molecule has 1 heterocycles. The maximum absolute atomic E-state index is 11.2. The number of primary sulfonamides is 1. The number of aliphatic imine (C=N–C) groups is 1. The molecule has 18 heavy (non-hydrogen) atoms. The van der Waals surface area contributed by atoms with E-state index in [1.165, 1.54) is 6.07 Å². The first-order valence-corrected chi connectivity index (χ1v) is 7.24. The minimum atomic E-state index is -3.64. The van der Waals surface area contributed by atoms with Crippen molar-refractivity contribution in [3.05, 3.63) is 29.8 Å². The smallest absolute Gasteiger partial charge is 0.238 e. The van der Waals surface area contributed by atoms with Crippen LogP contribution in [0.2, 0.25) is 0 Å². The first kappa shape index (κ1) is 12.8. The van der Waals surface area contributed by atoms with Gasteiger partial charge in [0.25, 0.3) is 0 Å². The minimum Gasteiger partial charge on any atom is -0.356 e. The quantitative estimate of drug-likeness (QED) is 0.705. The Labute approximate surface area is 106 Å². The Morgan fingerprint density at radius 3 is 2.94 bits per heavy atom. The van der Waals surface area contributed by atoms with E-state index in [1.807, 2.05) is 6.07 Å². The lowest BCUT2D eigenvalue weighted by atomic mass is 10.2. The fourth-order valence-corrected chi connectivity index (χ4v) is 2.25. The Kier molecular flexibility index (Phi) is 3.83. The molecule has 0 fully saturated rings. The molecule has 0 aromatic heterocycles. The normalized spacial score (nSPS) is 15.7. The van der Waals surface area contributed by atoms with Gasteiger partial charge in [0.1, 0.15) is 0 Å². The van der Waals surface area contributed by atoms with E-state index in [0.717, 1.165) is 31.0 Å². The highest BCUT2D eigenvalue weighted by atomic mass is 32.2. The van der Waals surface area contributed by atoms with Crippen molar-refractivity contribution in [2.24, 2.45) is 10.1 Å². The number of guanidine groups is 1. The fraction of sp³-hybridized carbons (Fsp3) is 0.364. The minimum absolute atomic E-state index is 0.125. The number of rotatable bonds is 3. The summed E-state index contributed by atoms with van der Waals surface area (Å²) in [6.45, 7) is 2.23. The summed E-state index contributed by atoms with van der Waals surface area (Å²) in [5, 5.41) is 11.3. The van der Waals surface area contributed by atoms with Crippen LogP contribution in [0.5, 0.6) is 0 Å². The number of hydrogen-bond acceptors (Lipinski definition) is 5. The van der Waals surface area contributed by atoms with E-state index < -0.39 is 10.0 Å². The van der Waals surface area contributed by atoms with Gasteiger partial charge in [0.15, 0.2) is 5.96 Å². The largest absolute Gasteiger partial charge is 0.356 e. The van der Waals surface area contributed by atoms with E-state index in [0.29, 0.717) is 6.54 Å². The molecule has 0 saturated heterocycles. The van der Waals surface area contributed by atoms with Gasteiger partial charge < -0.3 is 10.6 Å². The third-order valence-corrected chi connectivity index (χ3v) is 3.50. The molecular formula is C11H16N4O2S. The third-order valence-electron chi connectivity index (χ3n) is 2.58. The zero-order chi connectivity index (χ0) is 13.0. The highest BCUT2D eigenvalue weighted by Crippen LogP contribution is 2.09. The topological polar surface area (TPSA) is 96.6 Å². The molecule has 0 spiro atoms. The molecule has 2 rings (SSSR count). The van der Waals surface area contributed by atoms with Crippen LogP contribution in [0.15, 0.2) is 34.2 Å². The summed E-state index contributed by atoms with van der Waals surface area (Å²) in [7, 11) is -3.64. The maximum Gasteiger partial charge on any atom is 0.238 e. The van der Waals surface area contributed by atoms with Gasteiger partial charge in [-0.3, -0.25) is 4.99 Å². The summed E-state index contributed by atoms with van der Waals surface area (Å²) < 4.78 is 22.4. The van der Waals surface area contributed by atoms with Crippen molar-refractivity contribution in [3.8, 4) is 0 Å². The molecule has 0 amide bonds. The summed E-state index contributed by atoms with van der Waals surface area (Å²) in [5.41, 5.74) is 0.844. The predicted molar refractivity (Wildman–Crippen MR) is 69.6 cm³/mol. The standard InChI is InChI=1S/C11H16N4O2S/c12-18(16,17)10-4-1-3-9(7-10)8-15-11-13-5-2-6-14-11/h1,3-4,7H,2,5-6,8H2,(H2,12,16,17)(H2,13,14,15). The molecule has 1 aromatic rings. The van der Waals surface area contributed by atoms with Gasteiger partial charge in [0.2, 0.25) is 10.0 Å². The van der Waals surface area contributed by atoms with Gasteiger partial charge in [-0.2, -0.15) is 0 Å².